The van der Waals surface area contributed by atoms with Crippen LogP contribution in [0.3, 0.4) is 0 Å². The largest absolute Gasteiger partial charge is 0.417 e. The molecule has 7 heteroatoms. The van der Waals surface area contributed by atoms with Gasteiger partial charge in [-0.2, -0.15) is 13.2 Å². The van der Waals surface area contributed by atoms with Crippen LogP contribution in [-0.2, 0) is 17.4 Å². The number of hydrogen-bond donors (Lipinski definition) is 1. The fourth-order valence-electron chi connectivity index (χ4n) is 2.97. The maximum Gasteiger partial charge on any atom is 0.417 e. The van der Waals surface area contributed by atoms with Gasteiger partial charge in [-0.1, -0.05) is 29.8 Å². The van der Waals surface area contributed by atoms with Gasteiger partial charge in [-0.25, -0.2) is 0 Å². The van der Waals surface area contributed by atoms with Gasteiger partial charge < -0.3 is 10.2 Å². The summed E-state index contributed by atoms with van der Waals surface area (Å²) in [6.45, 7) is 0.819. The minimum absolute atomic E-state index is 0.0759. The molecule has 0 fully saturated rings. The van der Waals surface area contributed by atoms with Gasteiger partial charge in [0.05, 0.1) is 17.1 Å². The number of amides is 1. The Morgan fingerprint density at radius 2 is 1.96 bits per heavy atom. The van der Waals surface area contributed by atoms with E-state index in [0.29, 0.717) is 0 Å². The number of nitrogens with one attached hydrogen (secondary N) is 1. The Hall–Kier alpha value is -2.21. The molecule has 3 nitrogen and oxygen atoms in total. The predicted octanol–water partition coefficient (Wildman–Crippen LogP) is 4.75. The first-order valence-electron chi connectivity index (χ1n) is 7.84. The van der Waals surface area contributed by atoms with E-state index >= 15 is 0 Å². The van der Waals surface area contributed by atoms with E-state index in [9.17, 15) is 18.0 Å². The molecule has 1 aliphatic rings. The Kier molecular flexibility index (Phi) is 4.90. The molecule has 1 N–H and O–H groups in total. The smallest absolute Gasteiger partial charge is 0.362 e. The fourth-order valence-corrected chi connectivity index (χ4v) is 3.19. The zero-order chi connectivity index (χ0) is 18.0. The van der Waals surface area contributed by atoms with Crippen LogP contribution in [0.1, 0.15) is 17.5 Å². The molecule has 1 amide bonds. The summed E-state index contributed by atoms with van der Waals surface area (Å²) >= 11 is 5.59. The molecular formula is C18H16ClF3N2O. The van der Waals surface area contributed by atoms with Crippen molar-refractivity contribution in [1.82, 2.24) is 0 Å². The molecule has 0 spiro atoms. The lowest BCUT2D eigenvalue weighted by atomic mass is 10.0. The van der Waals surface area contributed by atoms with Gasteiger partial charge in [0.15, 0.2) is 0 Å². The second-order valence-corrected chi connectivity index (χ2v) is 6.30. The van der Waals surface area contributed by atoms with E-state index in [4.69, 9.17) is 11.6 Å². The summed E-state index contributed by atoms with van der Waals surface area (Å²) in [5.74, 6) is -0.368. The van der Waals surface area contributed by atoms with Crippen molar-refractivity contribution in [1.29, 1.82) is 0 Å². The highest BCUT2D eigenvalue weighted by molar-refractivity contribution is 6.31. The average molecular weight is 369 g/mol. The predicted molar refractivity (Wildman–Crippen MR) is 92.1 cm³/mol. The summed E-state index contributed by atoms with van der Waals surface area (Å²) in [5.41, 5.74) is 1.28. The van der Waals surface area contributed by atoms with Crippen molar-refractivity contribution in [2.45, 2.75) is 19.0 Å². The zero-order valence-corrected chi connectivity index (χ0v) is 14.0. The number of anilines is 2. The van der Waals surface area contributed by atoms with E-state index in [1.165, 1.54) is 11.6 Å². The molecule has 0 unspecified atom stereocenters. The normalized spacial score (nSPS) is 14.2. The van der Waals surface area contributed by atoms with Gasteiger partial charge in [-0.3, -0.25) is 4.79 Å². The molecule has 0 saturated heterocycles. The number of alkyl halides is 3. The highest BCUT2D eigenvalue weighted by Gasteiger charge is 2.33. The third-order valence-corrected chi connectivity index (χ3v) is 4.43. The molecule has 0 radical (unpaired) electrons. The third kappa shape index (κ3) is 4.07. The molecule has 0 aliphatic carbocycles. The lowest BCUT2D eigenvalue weighted by Crippen LogP contribution is -2.36. The summed E-state index contributed by atoms with van der Waals surface area (Å²) in [7, 11) is 0. The van der Waals surface area contributed by atoms with Crippen LogP contribution in [0.25, 0.3) is 0 Å². The maximum absolute atomic E-state index is 12.9. The first-order valence-corrected chi connectivity index (χ1v) is 8.22. The molecule has 132 valence electrons. The van der Waals surface area contributed by atoms with E-state index in [1.807, 2.05) is 29.2 Å². The van der Waals surface area contributed by atoms with Crippen LogP contribution in [-0.4, -0.2) is 19.0 Å². The second-order valence-electron chi connectivity index (χ2n) is 5.89. The maximum atomic E-state index is 12.9. The number of aryl methyl sites for hydroxylation is 1. The van der Waals surface area contributed by atoms with Gasteiger partial charge in [-0.15, -0.1) is 0 Å². The van der Waals surface area contributed by atoms with E-state index in [2.05, 4.69) is 5.32 Å². The topological polar surface area (TPSA) is 32.3 Å². The molecule has 1 aliphatic heterocycles. The second kappa shape index (κ2) is 6.96. The number of carbonyl (C=O) groups is 1. The molecule has 1 heterocycles. The standard InChI is InChI=1S/C18H16ClF3N2O/c19-15-8-7-13(10-14(15)18(20,21)22)23-17(25)11-24-9-3-5-12-4-1-2-6-16(12)24/h1-2,4,6-8,10H,3,5,9,11H2,(H,23,25). The van der Waals surface area contributed by atoms with Crippen molar-refractivity contribution >= 4 is 28.9 Å². The van der Waals surface area contributed by atoms with Crippen LogP contribution in [0.15, 0.2) is 42.5 Å². The summed E-state index contributed by atoms with van der Waals surface area (Å²) in [6.07, 6.45) is -2.67. The number of halogens is 4. The van der Waals surface area contributed by atoms with Gasteiger partial charge in [0.1, 0.15) is 0 Å². The van der Waals surface area contributed by atoms with Crippen molar-refractivity contribution in [2.75, 3.05) is 23.3 Å². The minimum atomic E-state index is -4.57. The van der Waals surface area contributed by atoms with Gasteiger partial charge in [-0.05, 0) is 42.7 Å². The number of nitrogens with zero attached hydrogens (tertiary/aromatic N) is 1. The van der Waals surface area contributed by atoms with Crippen LogP contribution >= 0.6 is 11.6 Å². The number of hydrogen-bond acceptors (Lipinski definition) is 2. The lowest BCUT2D eigenvalue weighted by molar-refractivity contribution is -0.137. The van der Waals surface area contributed by atoms with Gasteiger partial charge >= 0.3 is 6.18 Å². The monoisotopic (exact) mass is 368 g/mol. The Bertz CT molecular complexity index is 792. The molecule has 0 atom stereocenters. The number of rotatable bonds is 3. The van der Waals surface area contributed by atoms with Crippen molar-refractivity contribution in [2.24, 2.45) is 0 Å². The Balaban J connectivity index is 1.72. The van der Waals surface area contributed by atoms with Gasteiger partial charge in [0.2, 0.25) is 5.91 Å². The summed E-state index contributed by atoms with van der Waals surface area (Å²) in [4.78, 5) is 14.2. The van der Waals surface area contributed by atoms with Crippen LogP contribution < -0.4 is 10.2 Å². The number of para-hydroxylation sites is 1. The Morgan fingerprint density at radius 1 is 1.20 bits per heavy atom. The zero-order valence-electron chi connectivity index (χ0n) is 13.2. The van der Waals surface area contributed by atoms with Crippen LogP contribution in [0, 0.1) is 0 Å². The van der Waals surface area contributed by atoms with Crippen molar-refractivity contribution in [3.05, 3.63) is 58.6 Å². The van der Waals surface area contributed by atoms with Crippen molar-refractivity contribution in [3.8, 4) is 0 Å². The molecule has 2 aromatic carbocycles. The summed E-state index contributed by atoms with van der Waals surface area (Å²) in [5, 5.41) is 2.13. The average Bonchev–Trinajstić information content (AvgIpc) is 2.56. The number of benzene rings is 2. The summed E-state index contributed by atoms with van der Waals surface area (Å²) < 4.78 is 38.7. The minimum Gasteiger partial charge on any atom is -0.362 e. The Morgan fingerprint density at radius 3 is 2.72 bits per heavy atom. The lowest BCUT2D eigenvalue weighted by Gasteiger charge is -2.30. The van der Waals surface area contributed by atoms with Gasteiger partial charge in [0, 0.05) is 17.9 Å². The van der Waals surface area contributed by atoms with Crippen LogP contribution in [0.2, 0.25) is 5.02 Å². The molecule has 0 saturated carbocycles. The number of fused-ring (bicyclic) bond motifs is 1. The first-order chi connectivity index (χ1) is 11.8. The van der Waals surface area contributed by atoms with Crippen molar-refractivity contribution in [3.63, 3.8) is 0 Å². The van der Waals surface area contributed by atoms with E-state index in [0.717, 1.165) is 37.2 Å². The number of carbonyl (C=O) groups excluding carboxylic acids is 1. The van der Waals surface area contributed by atoms with E-state index < -0.39 is 16.8 Å². The molecule has 3 rings (SSSR count). The third-order valence-electron chi connectivity index (χ3n) is 4.10. The quantitative estimate of drug-likeness (QED) is 0.848. The highest BCUT2D eigenvalue weighted by Crippen LogP contribution is 2.36. The van der Waals surface area contributed by atoms with E-state index in [-0.39, 0.29) is 18.1 Å². The molecular weight excluding hydrogens is 353 g/mol. The van der Waals surface area contributed by atoms with E-state index in [1.54, 1.807) is 0 Å². The summed E-state index contributed by atoms with van der Waals surface area (Å²) in [6, 6.07) is 11.2. The van der Waals surface area contributed by atoms with Crippen molar-refractivity contribution < 1.29 is 18.0 Å². The molecule has 0 aromatic heterocycles. The van der Waals surface area contributed by atoms with Crippen LogP contribution in [0.5, 0.6) is 0 Å². The molecule has 2 aromatic rings. The Labute approximate surface area is 148 Å². The van der Waals surface area contributed by atoms with Crippen LogP contribution in [0.4, 0.5) is 24.5 Å². The van der Waals surface area contributed by atoms with Gasteiger partial charge in [0.25, 0.3) is 0 Å². The fraction of sp³-hybridized carbons (Fsp3) is 0.278. The molecule has 25 heavy (non-hydrogen) atoms. The first kappa shape index (κ1) is 17.6. The SMILES string of the molecule is O=C(CN1CCCc2ccccc21)Nc1ccc(Cl)c(C(F)(F)F)c1. The molecule has 0 bridgehead atoms. The highest BCUT2D eigenvalue weighted by atomic mass is 35.5.